The third-order valence-corrected chi connectivity index (χ3v) is 3.54. The van der Waals surface area contributed by atoms with Crippen LogP contribution in [0.5, 0.6) is 0 Å². The lowest BCUT2D eigenvalue weighted by atomic mass is 9.96. The molecule has 21 heavy (non-hydrogen) atoms. The average molecular weight is 289 g/mol. The van der Waals surface area contributed by atoms with Crippen LogP contribution >= 0.6 is 0 Å². The fourth-order valence-electron chi connectivity index (χ4n) is 2.39. The highest BCUT2D eigenvalue weighted by molar-refractivity contribution is 6.05. The molecule has 0 bridgehead atoms. The van der Waals surface area contributed by atoms with Gasteiger partial charge in [-0.05, 0) is 17.5 Å². The summed E-state index contributed by atoms with van der Waals surface area (Å²) in [4.78, 5) is 34.9. The molecule has 1 heterocycles. The maximum atomic E-state index is 12.0. The van der Waals surface area contributed by atoms with E-state index in [0.29, 0.717) is 5.69 Å². The maximum absolute atomic E-state index is 12.0. The van der Waals surface area contributed by atoms with Gasteiger partial charge in [-0.25, -0.2) is 0 Å². The van der Waals surface area contributed by atoms with Crippen LogP contribution in [-0.4, -0.2) is 23.8 Å². The maximum Gasteiger partial charge on any atom is 0.232 e. The number of para-hydroxylation sites is 1. The van der Waals surface area contributed by atoms with Crippen LogP contribution in [0, 0.1) is 5.92 Å². The molecule has 0 aliphatic carbocycles. The van der Waals surface area contributed by atoms with E-state index in [1.165, 1.54) is 0 Å². The van der Waals surface area contributed by atoms with Crippen molar-refractivity contribution in [3.05, 3.63) is 29.8 Å². The number of amides is 2. The molecule has 0 fully saturated rings. The topological polar surface area (TPSA) is 98.3 Å². The highest BCUT2D eigenvalue weighted by atomic mass is 16.4. The Kier molecular flexibility index (Phi) is 4.26. The monoisotopic (exact) mass is 289 g/mol. The van der Waals surface area contributed by atoms with Crippen LogP contribution in [0.4, 0.5) is 5.69 Å². The number of aliphatic carboxylic acids is 1. The molecule has 2 rings (SSSR count). The van der Waals surface area contributed by atoms with E-state index in [2.05, 4.69) is 10.6 Å². The first-order valence-corrected chi connectivity index (χ1v) is 6.80. The zero-order valence-corrected chi connectivity index (χ0v) is 11.9. The van der Waals surface area contributed by atoms with Gasteiger partial charge in [-0.1, -0.05) is 32.0 Å². The van der Waals surface area contributed by atoms with Crippen molar-refractivity contribution >= 4 is 23.5 Å². The quantitative estimate of drug-likeness (QED) is 0.797. The first-order valence-electron chi connectivity index (χ1n) is 6.80. The number of benzene rings is 1. The Bertz CT molecular complexity index is 583. The molecule has 1 aromatic rings. The normalized spacial score (nSPS) is 18.0. The van der Waals surface area contributed by atoms with E-state index in [1.807, 2.05) is 0 Å². The zero-order chi connectivity index (χ0) is 15.6. The van der Waals surface area contributed by atoms with Crippen molar-refractivity contribution in [1.82, 2.24) is 5.32 Å². The summed E-state index contributed by atoms with van der Waals surface area (Å²) in [6, 6.07) is 6.08. The van der Waals surface area contributed by atoms with Gasteiger partial charge in [0.05, 0.1) is 17.9 Å². The molecule has 0 saturated heterocycles. The minimum atomic E-state index is -1.32. The third kappa shape index (κ3) is 3.21. The Morgan fingerprint density at radius 3 is 2.62 bits per heavy atom. The van der Waals surface area contributed by atoms with Crippen molar-refractivity contribution in [3.63, 3.8) is 0 Å². The van der Waals surface area contributed by atoms with Gasteiger partial charge in [0.25, 0.3) is 0 Å². The number of carbonyl (C=O) groups excluding carboxylic acids is 3. The average Bonchev–Trinajstić information content (AvgIpc) is 2.72. The molecular weight excluding hydrogens is 272 g/mol. The number of rotatable bonds is 5. The van der Waals surface area contributed by atoms with E-state index in [4.69, 9.17) is 0 Å². The summed E-state index contributed by atoms with van der Waals surface area (Å²) in [5.41, 5.74) is 1.45. The van der Waals surface area contributed by atoms with Gasteiger partial charge in [-0.15, -0.1) is 0 Å². The molecule has 1 aromatic carbocycles. The van der Waals surface area contributed by atoms with Crippen LogP contribution in [0.25, 0.3) is 0 Å². The number of fused-ring (bicyclic) bond motifs is 1. The lowest BCUT2D eigenvalue weighted by molar-refractivity contribution is -0.309. The Labute approximate surface area is 122 Å². The number of carbonyl (C=O) groups is 3. The summed E-state index contributed by atoms with van der Waals surface area (Å²) in [6.45, 7) is 3.36. The number of nitrogens with one attached hydrogen (secondary N) is 2. The van der Waals surface area contributed by atoms with Crippen LogP contribution in [0.1, 0.15) is 31.7 Å². The SMILES string of the molecule is CC(C)[C@H](NC(=O)CC1C(=O)Nc2ccccc21)C(=O)[O-]. The second kappa shape index (κ2) is 5.95. The van der Waals surface area contributed by atoms with Gasteiger partial charge < -0.3 is 20.5 Å². The van der Waals surface area contributed by atoms with Crippen molar-refractivity contribution in [3.8, 4) is 0 Å². The Morgan fingerprint density at radius 1 is 1.33 bits per heavy atom. The highest BCUT2D eigenvalue weighted by Crippen LogP contribution is 2.34. The Morgan fingerprint density at radius 2 is 2.00 bits per heavy atom. The third-order valence-electron chi connectivity index (χ3n) is 3.54. The van der Waals surface area contributed by atoms with Gasteiger partial charge in [0.2, 0.25) is 11.8 Å². The number of anilines is 1. The van der Waals surface area contributed by atoms with Crippen molar-refractivity contribution < 1.29 is 19.5 Å². The van der Waals surface area contributed by atoms with Gasteiger partial charge in [0, 0.05) is 12.1 Å². The van der Waals surface area contributed by atoms with E-state index in [-0.39, 0.29) is 18.2 Å². The Hall–Kier alpha value is -2.37. The summed E-state index contributed by atoms with van der Waals surface area (Å²) < 4.78 is 0. The van der Waals surface area contributed by atoms with E-state index < -0.39 is 23.8 Å². The van der Waals surface area contributed by atoms with Gasteiger partial charge in [-0.2, -0.15) is 0 Å². The molecule has 1 aliphatic rings. The zero-order valence-electron chi connectivity index (χ0n) is 11.9. The van der Waals surface area contributed by atoms with E-state index in [0.717, 1.165) is 5.56 Å². The van der Waals surface area contributed by atoms with Crippen molar-refractivity contribution in [1.29, 1.82) is 0 Å². The number of carboxylic acids is 1. The molecule has 0 radical (unpaired) electrons. The molecule has 6 nitrogen and oxygen atoms in total. The summed E-state index contributed by atoms with van der Waals surface area (Å²) >= 11 is 0. The summed E-state index contributed by atoms with van der Waals surface area (Å²) in [5, 5.41) is 16.1. The molecular formula is C15H17N2O4-. The molecule has 2 N–H and O–H groups in total. The van der Waals surface area contributed by atoms with Crippen LogP contribution in [0.2, 0.25) is 0 Å². The number of hydrogen-bond donors (Lipinski definition) is 2. The molecule has 0 spiro atoms. The summed E-state index contributed by atoms with van der Waals surface area (Å²) in [5.74, 6) is -2.93. The fraction of sp³-hybridized carbons (Fsp3) is 0.400. The summed E-state index contributed by atoms with van der Waals surface area (Å²) in [6.07, 6.45) is -0.0840. The van der Waals surface area contributed by atoms with Gasteiger partial charge >= 0.3 is 0 Å². The number of hydrogen-bond acceptors (Lipinski definition) is 4. The second-order valence-corrected chi connectivity index (χ2v) is 5.44. The van der Waals surface area contributed by atoms with Crippen molar-refractivity contribution in [2.75, 3.05) is 5.32 Å². The predicted molar refractivity (Wildman–Crippen MR) is 74.2 cm³/mol. The smallest absolute Gasteiger partial charge is 0.232 e. The molecule has 0 saturated carbocycles. The van der Waals surface area contributed by atoms with Crippen LogP contribution < -0.4 is 15.7 Å². The number of carboxylic acid groups (broad SMARTS) is 1. The highest BCUT2D eigenvalue weighted by Gasteiger charge is 2.32. The van der Waals surface area contributed by atoms with Crippen LogP contribution in [0.3, 0.4) is 0 Å². The summed E-state index contributed by atoms with van der Waals surface area (Å²) in [7, 11) is 0. The Balaban J connectivity index is 2.06. The fourth-order valence-corrected chi connectivity index (χ4v) is 2.39. The first kappa shape index (κ1) is 15.0. The van der Waals surface area contributed by atoms with Crippen molar-refractivity contribution in [2.45, 2.75) is 32.2 Å². The van der Waals surface area contributed by atoms with Gasteiger partial charge in [-0.3, -0.25) is 9.59 Å². The van der Waals surface area contributed by atoms with E-state index in [1.54, 1.807) is 38.1 Å². The molecule has 6 heteroatoms. The lowest BCUT2D eigenvalue weighted by Gasteiger charge is -2.23. The molecule has 112 valence electrons. The first-order chi connectivity index (χ1) is 9.90. The van der Waals surface area contributed by atoms with Gasteiger partial charge in [0.1, 0.15) is 0 Å². The minimum absolute atomic E-state index is 0.0840. The van der Waals surface area contributed by atoms with E-state index in [9.17, 15) is 19.5 Å². The predicted octanol–water partition coefficient (Wildman–Crippen LogP) is 0.00310. The molecule has 1 aliphatic heterocycles. The molecule has 2 amide bonds. The van der Waals surface area contributed by atoms with Gasteiger partial charge in [0.15, 0.2) is 0 Å². The lowest BCUT2D eigenvalue weighted by Crippen LogP contribution is -2.51. The largest absolute Gasteiger partial charge is 0.548 e. The molecule has 0 aromatic heterocycles. The van der Waals surface area contributed by atoms with Crippen molar-refractivity contribution in [2.24, 2.45) is 5.92 Å². The van der Waals surface area contributed by atoms with Crippen LogP contribution in [-0.2, 0) is 14.4 Å². The minimum Gasteiger partial charge on any atom is -0.548 e. The second-order valence-electron chi connectivity index (χ2n) is 5.44. The molecule has 2 atom stereocenters. The molecule has 1 unspecified atom stereocenters. The standard InChI is InChI=1S/C15H18N2O4/c1-8(2)13(15(20)21)17-12(18)7-10-9-5-3-4-6-11(9)16-14(10)19/h3-6,8,10,13H,7H2,1-2H3,(H,16,19)(H,17,18)(H,20,21)/p-1/t10?,13-/m0/s1. The van der Waals surface area contributed by atoms with Crippen LogP contribution in [0.15, 0.2) is 24.3 Å². The van der Waals surface area contributed by atoms with E-state index >= 15 is 0 Å².